The molecule has 21 heavy (non-hydrogen) atoms. The highest BCUT2D eigenvalue weighted by molar-refractivity contribution is 6.33. The Labute approximate surface area is 129 Å². The first-order valence-corrected chi connectivity index (χ1v) is 7.43. The Balaban J connectivity index is 2.42. The SMILES string of the molecule is CC(C)c1ncc(Cl)c(C(=O)N(C2CC2)C(C)(C)C#N)n1. The molecule has 1 aromatic heterocycles. The zero-order valence-electron chi connectivity index (χ0n) is 12.7. The van der Waals surface area contributed by atoms with Gasteiger partial charge in [0.1, 0.15) is 11.4 Å². The summed E-state index contributed by atoms with van der Waals surface area (Å²) >= 11 is 6.10. The molecule has 0 N–H and O–H groups in total. The molecule has 1 heterocycles. The number of rotatable bonds is 4. The van der Waals surface area contributed by atoms with E-state index in [0.717, 1.165) is 12.8 Å². The molecule has 0 aromatic carbocycles. The largest absolute Gasteiger partial charge is 0.316 e. The lowest BCUT2D eigenvalue weighted by Crippen LogP contribution is -2.48. The predicted molar refractivity (Wildman–Crippen MR) is 80.0 cm³/mol. The molecule has 6 heteroatoms. The van der Waals surface area contributed by atoms with Gasteiger partial charge in [0.05, 0.1) is 17.3 Å². The second-order valence-electron chi connectivity index (χ2n) is 6.16. The fourth-order valence-electron chi connectivity index (χ4n) is 2.19. The smallest absolute Gasteiger partial charge is 0.275 e. The molecule has 0 bridgehead atoms. The van der Waals surface area contributed by atoms with Crippen LogP contribution in [0.5, 0.6) is 0 Å². The van der Waals surface area contributed by atoms with Gasteiger partial charge in [0, 0.05) is 12.0 Å². The van der Waals surface area contributed by atoms with Crippen molar-refractivity contribution in [3.05, 3.63) is 22.7 Å². The van der Waals surface area contributed by atoms with Crippen molar-refractivity contribution in [2.75, 3.05) is 0 Å². The van der Waals surface area contributed by atoms with E-state index in [0.29, 0.717) is 5.82 Å². The molecule has 5 nitrogen and oxygen atoms in total. The van der Waals surface area contributed by atoms with Crippen molar-refractivity contribution in [3.8, 4) is 6.07 Å². The van der Waals surface area contributed by atoms with Crippen molar-refractivity contribution < 1.29 is 4.79 Å². The van der Waals surface area contributed by atoms with Gasteiger partial charge in [0.2, 0.25) is 0 Å². The van der Waals surface area contributed by atoms with Crippen molar-refractivity contribution in [1.29, 1.82) is 5.26 Å². The van der Waals surface area contributed by atoms with Crippen LogP contribution in [-0.4, -0.2) is 32.4 Å². The highest BCUT2D eigenvalue weighted by Gasteiger charge is 2.43. The van der Waals surface area contributed by atoms with Crippen molar-refractivity contribution in [3.63, 3.8) is 0 Å². The van der Waals surface area contributed by atoms with Gasteiger partial charge in [-0.15, -0.1) is 0 Å². The third-order valence-electron chi connectivity index (χ3n) is 3.49. The standard InChI is InChI=1S/C15H19ClN4O/c1-9(2)13-18-7-11(16)12(19-13)14(21)20(10-5-6-10)15(3,4)8-17/h7,9-10H,5-6H2,1-4H3. The number of amides is 1. The van der Waals surface area contributed by atoms with E-state index in [1.165, 1.54) is 6.20 Å². The molecular weight excluding hydrogens is 288 g/mol. The molecule has 112 valence electrons. The topological polar surface area (TPSA) is 69.9 Å². The maximum absolute atomic E-state index is 12.8. The van der Waals surface area contributed by atoms with E-state index in [-0.39, 0.29) is 28.6 Å². The van der Waals surface area contributed by atoms with Crippen LogP contribution in [0.1, 0.15) is 62.8 Å². The van der Waals surface area contributed by atoms with E-state index in [1.807, 2.05) is 13.8 Å². The Kier molecular flexibility index (Phi) is 4.20. The first-order valence-electron chi connectivity index (χ1n) is 7.05. The summed E-state index contributed by atoms with van der Waals surface area (Å²) in [5, 5.41) is 9.57. The monoisotopic (exact) mass is 306 g/mol. The second kappa shape index (κ2) is 5.61. The van der Waals surface area contributed by atoms with Crippen molar-refractivity contribution in [2.45, 2.75) is 58.0 Å². The molecule has 1 fully saturated rings. The predicted octanol–water partition coefficient (Wildman–Crippen LogP) is 3.16. The Hall–Kier alpha value is -1.67. The highest BCUT2D eigenvalue weighted by Crippen LogP contribution is 2.34. The number of carbonyl (C=O) groups excluding carboxylic acids is 1. The van der Waals surface area contributed by atoms with Crippen molar-refractivity contribution in [1.82, 2.24) is 14.9 Å². The highest BCUT2D eigenvalue weighted by atomic mass is 35.5. The summed E-state index contributed by atoms with van der Waals surface area (Å²) in [6.07, 6.45) is 3.29. The number of carbonyl (C=O) groups is 1. The molecule has 0 atom stereocenters. The molecule has 1 amide bonds. The number of hydrogen-bond acceptors (Lipinski definition) is 4. The van der Waals surface area contributed by atoms with Crippen LogP contribution in [0, 0.1) is 11.3 Å². The van der Waals surface area contributed by atoms with Crippen LogP contribution in [-0.2, 0) is 0 Å². The number of nitrogens with zero attached hydrogens (tertiary/aromatic N) is 4. The molecule has 0 unspecified atom stereocenters. The Morgan fingerprint density at radius 3 is 2.62 bits per heavy atom. The minimum absolute atomic E-state index is 0.0979. The molecule has 0 spiro atoms. The zero-order chi connectivity index (χ0) is 15.8. The van der Waals surface area contributed by atoms with Crippen LogP contribution in [0.4, 0.5) is 0 Å². The van der Waals surface area contributed by atoms with Gasteiger partial charge in [-0.1, -0.05) is 25.4 Å². The van der Waals surface area contributed by atoms with Crippen LogP contribution in [0.3, 0.4) is 0 Å². The van der Waals surface area contributed by atoms with Crippen LogP contribution in [0.25, 0.3) is 0 Å². The Bertz CT molecular complexity index is 602. The van der Waals surface area contributed by atoms with Gasteiger partial charge in [-0.3, -0.25) is 4.79 Å². The Morgan fingerprint density at radius 1 is 1.52 bits per heavy atom. The average Bonchev–Trinajstić information content (AvgIpc) is 3.23. The molecule has 1 aliphatic carbocycles. The molecule has 0 aliphatic heterocycles. The van der Waals surface area contributed by atoms with Gasteiger partial charge in [0.15, 0.2) is 5.69 Å². The number of hydrogen-bond donors (Lipinski definition) is 0. The van der Waals surface area contributed by atoms with Gasteiger partial charge in [-0.2, -0.15) is 5.26 Å². The first kappa shape index (κ1) is 15.7. The fraction of sp³-hybridized carbons (Fsp3) is 0.600. The van der Waals surface area contributed by atoms with E-state index in [2.05, 4.69) is 16.0 Å². The molecule has 0 saturated heterocycles. The van der Waals surface area contributed by atoms with Crippen LogP contribution in [0.2, 0.25) is 5.02 Å². The third kappa shape index (κ3) is 3.16. The molecule has 2 rings (SSSR count). The number of aromatic nitrogens is 2. The van der Waals surface area contributed by atoms with Crippen molar-refractivity contribution in [2.24, 2.45) is 0 Å². The summed E-state index contributed by atoms with van der Waals surface area (Å²) < 4.78 is 0. The minimum atomic E-state index is -0.884. The van der Waals surface area contributed by atoms with Gasteiger partial charge >= 0.3 is 0 Å². The normalized spacial score (nSPS) is 14.9. The lowest BCUT2D eigenvalue weighted by atomic mass is 10.0. The fourth-order valence-corrected chi connectivity index (χ4v) is 2.36. The van der Waals surface area contributed by atoms with E-state index < -0.39 is 5.54 Å². The van der Waals surface area contributed by atoms with Gasteiger partial charge in [-0.25, -0.2) is 9.97 Å². The molecular formula is C15H19ClN4O. The summed E-state index contributed by atoms with van der Waals surface area (Å²) in [7, 11) is 0. The number of halogens is 1. The molecule has 1 saturated carbocycles. The Morgan fingerprint density at radius 2 is 2.14 bits per heavy atom. The number of nitriles is 1. The maximum atomic E-state index is 12.8. The summed E-state index contributed by atoms with van der Waals surface area (Å²) in [6.45, 7) is 7.38. The van der Waals surface area contributed by atoms with Crippen LogP contribution >= 0.6 is 11.6 Å². The van der Waals surface area contributed by atoms with Gasteiger partial charge < -0.3 is 4.90 Å². The van der Waals surface area contributed by atoms with E-state index >= 15 is 0 Å². The molecule has 1 aromatic rings. The lowest BCUT2D eigenvalue weighted by molar-refractivity contribution is 0.0608. The second-order valence-corrected chi connectivity index (χ2v) is 6.56. The summed E-state index contributed by atoms with van der Waals surface area (Å²) in [5.74, 6) is 0.388. The van der Waals surface area contributed by atoms with E-state index in [4.69, 9.17) is 11.6 Å². The maximum Gasteiger partial charge on any atom is 0.275 e. The van der Waals surface area contributed by atoms with E-state index in [1.54, 1.807) is 18.7 Å². The van der Waals surface area contributed by atoms with E-state index in [9.17, 15) is 10.1 Å². The van der Waals surface area contributed by atoms with Gasteiger partial charge in [-0.05, 0) is 26.7 Å². The van der Waals surface area contributed by atoms with Crippen LogP contribution in [0.15, 0.2) is 6.20 Å². The average molecular weight is 307 g/mol. The zero-order valence-corrected chi connectivity index (χ0v) is 13.5. The van der Waals surface area contributed by atoms with Crippen molar-refractivity contribution >= 4 is 17.5 Å². The van der Waals surface area contributed by atoms with Gasteiger partial charge in [0.25, 0.3) is 5.91 Å². The first-order chi connectivity index (χ1) is 9.77. The summed E-state index contributed by atoms with van der Waals surface area (Å²) in [6, 6.07) is 2.29. The minimum Gasteiger partial charge on any atom is -0.316 e. The van der Waals surface area contributed by atoms with Crippen LogP contribution < -0.4 is 0 Å². The quantitative estimate of drug-likeness (QED) is 0.856. The molecule has 1 aliphatic rings. The third-order valence-corrected chi connectivity index (χ3v) is 3.76. The lowest BCUT2D eigenvalue weighted by Gasteiger charge is -2.33. The molecule has 0 radical (unpaired) electrons. The summed E-state index contributed by atoms with van der Waals surface area (Å²) in [4.78, 5) is 22.9. The summed E-state index contributed by atoms with van der Waals surface area (Å²) in [5.41, 5.74) is -0.699.